The van der Waals surface area contributed by atoms with Crippen LogP contribution in [0.1, 0.15) is 12.7 Å². The number of aryl methyl sites for hydroxylation is 1. The van der Waals surface area contributed by atoms with Gasteiger partial charge >= 0.3 is 0 Å². The van der Waals surface area contributed by atoms with Crippen LogP contribution in [0, 0.1) is 3.57 Å². The van der Waals surface area contributed by atoms with Crippen molar-refractivity contribution in [2.24, 2.45) is 7.05 Å². The molecule has 5 heteroatoms. The van der Waals surface area contributed by atoms with E-state index in [4.69, 9.17) is 4.74 Å². The van der Waals surface area contributed by atoms with Crippen LogP contribution in [0.4, 0.5) is 0 Å². The van der Waals surface area contributed by atoms with Gasteiger partial charge in [0, 0.05) is 9.99 Å². The first-order chi connectivity index (χ1) is 11.6. The number of aliphatic hydroxyl groups excluding tert-OH is 1. The quantitative estimate of drug-likeness (QED) is 0.476. The highest BCUT2D eigenvalue weighted by atomic mass is 127. The number of para-hydroxylation sites is 2. The molecule has 0 aliphatic heterocycles. The average Bonchev–Trinajstić information content (AvgIpc) is 2.86. The molecule has 0 amide bonds. The average molecular weight is 437 g/mol. The Morgan fingerprint density at radius 3 is 2.58 bits per heavy atom. The number of rotatable bonds is 6. The second-order valence-corrected chi connectivity index (χ2v) is 7.09. The number of benzene rings is 2. The highest BCUT2D eigenvalue weighted by Crippen LogP contribution is 2.17. The van der Waals surface area contributed by atoms with Crippen LogP contribution >= 0.6 is 22.6 Å². The predicted octanol–water partition coefficient (Wildman–Crippen LogP) is 3.07. The largest absolute Gasteiger partial charge is 0.491 e. The zero-order chi connectivity index (χ0) is 17.1. The monoisotopic (exact) mass is 437 g/mol. The van der Waals surface area contributed by atoms with E-state index in [1.165, 1.54) is 14.9 Å². The molecule has 1 N–H and O–H groups in total. The van der Waals surface area contributed by atoms with E-state index < -0.39 is 6.10 Å². The van der Waals surface area contributed by atoms with E-state index in [0.717, 1.165) is 17.7 Å². The van der Waals surface area contributed by atoms with Crippen molar-refractivity contribution in [3.8, 4) is 5.75 Å². The van der Waals surface area contributed by atoms with E-state index in [2.05, 4.69) is 57.8 Å². The molecule has 3 rings (SSSR count). The van der Waals surface area contributed by atoms with Gasteiger partial charge in [-0.2, -0.15) is 0 Å². The molecule has 1 atom stereocenters. The molecule has 0 radical (unpaired) electrons. The number of imidazole rings is 1. The number of ether oxygens (including phenoxy) is 1. The maximum absolute atomic E-state index is 10.5. The molecule has 0 bridgehead atoms. The van der Waals surface area contributed by atoms with Crippen LogP contribution in [0.5, 0.6) is 5.75 Å². The number of nitrogens with zero attached hydrogens (tertiary/aromatic N) is 2. The van der Waals surface area contributed by atoms with Gasteiger partial charge in [-0.1, -0.05) is 19.1 Å². The molecule has 24 heavy (non-hydrogen) atoms. The third-order valence-electron chi connectivity index (χ3n) is 4.20. The van der Waals surface area contributed by atoms with Crippen LogP contribution in [-0.4, -0.2) is 22.4 Å². The molecular formula is C19H22IN2O2+. The van der Waals surface area contributed by atoms with Crippen LogP contribution in [0.15, 0.2) is 48.5 Å². The zero-order valence-corrected chi connectivity index (χ0v) is 16.1. The molecule has 4 nitrogen and oxygen atoms in total. The van der Waals surface area contributed by atoms with Gasteiger partial charge in [0.15, 0.2) is 11.0 Å². The second kappa shape index (κ2) is 7.53. The van der Waals surface area contributed by atoms with Gasteiger partial charge in [-0.05, 0) is 59.0 Å². The Hall–Kier alpha value is -1.60. The van der Waals surface area contributed by atoms with Crippen LogP contribution in [0.25, 0.3) is 11.0 Å². The summed E-state index contributed by atoms with van der Waals surface area (Å²) in [5, 5.41) is 10.5. The van der Waals surface area contributed by atoms with Crippen LogP contribution in [0.2, 0.25) is 0 Å². The minimum atomic E-state index is -0.564. The second-order valence-electron chi connectivity index (χ2n) is 5.85. The number of hydrogen-bond donors (Lipinski definition) is 1. The summed E-state index contributed by atoms with van der Waals surface area (Å²) >= 11 is 2.26. The molecule has 1 aromatic heterocycles. The lowest BCUT2D eigenvalue weighted by Crippen LogP contribution is -2.34. The lowest BCUT2D eigenvalue weighted by Gasteiger charge is -2.12. The van der Waals surface area contributed by atoms with Gasteiger partial charge in [-0.15, -0.1) is 0 Å². The van der Waals surface area contributed by atoms with Crippen molar-refractivity contribution < 1.29 is 14.4 Å². The summed E-state index contributed by atoms with van der Waals surface area (Å²) in [6.45, 7) is 2.94. The molecule has 0 aliphatic rings. The Morgan fingerprint density at radius 1 is 1.17 bits per heavy atom. The first-order valence-corrected chi connectivity index (χ1v) is 9.20. The normalized spacial score (nSPS) is 12.5. The molecule has 0 aliphatic carbocycles. The summed E-state index contributed by atoms with van der Waals surface area (Å²) in [4.78, 5) is 0. The van der Waals surface area contributed by atoms with E-state index >= 15 is 0 Å². The van der Waals surface area contributed by atoms with E-state index in [9.17, 15) is 5.11 Å². The van der Waals surface area contributed by atoms with Crippen molar-refractivity contribution in [1.29, 1.82) is 0 Å². The molecule has 1 heterocycles. The Morgan fingerprint density at radius 2 is 1.88 bits per heavy atom. The number of fused-ring (bicyclic) bond motifs is 1. The minimum absolute atomic E-state index is 0.278. The van der Waals surface area contributed by atoms with Gasteiger partial charge in [0.1, 0.15) is 25.0 Å². The van der Waals surface area contributed by atoms with Crippen LogP contribution in [-0.2, 0) is 20.0 Å². The maximum atomic E-state index is 10.5. The third kappa shape index (κ3) is 3.57. The Labute approximate surface area is 155 Å². The fourth-order valence-electron chi connectivity index (χ4n) is 3.05. The van der Waals surface area contributed by atoms with E-state index in [-0.39, 0.29) is 6.61 Å². The summed E-state index contributed by atoms with van der Waals surface area (Å²) in [5.74, 6) is 1.98. The minimum Gasteiger partial charge on any atom is -0.491 e. The third-order valence-corrected chi connectivity index (χ3v) is 4.92. The highest BCUT2D eigenvalue weighted by molar-refractivity contribution is 14.1. The summed E-state index contributed by atoms with van der Waals surface area (Å²) in [7, 11) is 2.08. The topological polar surface area (TPSA) is 38.3 Å². The molecule has 3 aromatic rings. The van der Waals surface area contributed by atoms with E-state index in [0.29, 0.717) is 6.54 Å². The van der Waals surface area contributed by atoms with Gasteiger partial charge in [0.05, 0.1) is 7.05 Å². The highest BCUT2D eigenvalue weighted by Gasteiger charge is 2.23. The number of hydrogen-bond acceptors (Lipinski definition) is 2. The van der Waals surface area contributed by atoms with Gasteiger partial charge in [-0.3, -0.25) is 0 Å². The first kappa shape index (κ1) is 17.2. The van der Waals surface area contributed by atoms with Crippen LogP contribution in [0.3, 0.4) is 0 Å². The standard InChI is InChI=1S/C19H22IN2O2/c1-3-19-21(2)17-6-4-5-7-18(17)22(19)12-15(23)13-24-16-10-8-14(20)9-11-16/h4-11,15,23H,3,12-13H2,1-2H3/q+1. The SMILES string of the molecule is CCc1n(CC(O)COc2ccc(I)cc2)c2ccccc2[n+]1C. The summed E-state index contributed by atoms with van der Waals surface area (Å²) in [6, 6.07) is 16.1. The number of halogens is 1. The Kier molecular flexibility index (Phi) is 5.40. The molecular weight excluding hydrogens is 415 g/mol. The number of aliphatic hydroxyl groups is 1. The summed E-state index contributed by atoms with van der Waals surface area (Å²) in [6.07, 6.45) is 0.348. The number of aromatic nitrogens is 2. The molecule has 0 saturated carbocycles. The van der Waals surface area contributed by atoms with E-state index in [1.807, 2.05) is 36.4 Å². The smallest absolute Gasteiger partial charge is 0.256 e. The Bertz CT molecular complexity index is 827. The lowest BCUT2D eigenvalue weighted by molar-refractivity contribution is -0.653. The van der Waals surface area contributed by atoms with Crippen molar-refractivity contribution >= 4 is 33.6 Å². The van der Waals surface area contributed by atoms with Crippen molar-refractivity contribution in [3.63, 3.8) is 0 Å². The fraction of sp³-hybridized carbons (Fsp3) is 0.316. The van der Waals surface area contributed by atoms with Crippen molar-refractivity contribution in [1.82, 2.24) is 4.57 Å². The predicted molar refractivity (Wildman–Crippen MR) is 103 cm³/mol. The van der Waals surface area contributed by atoms with E-state index in [1.54, 1.807) is 0 Å². The molecule has 0 spiro atoms. The molecule has 1 unspecified atom stereocenters. The summed E-state index contributed by atoms with van der Waals surface area (Å²) < 4.78 is 11.3. The van der Waals surface area contributed by atoms with Crippen molar-refractivity contribution in [3.05, 3.63) is 57.9 Å². The van der Waals surface area contributed by atoms with Gasteiger partial charge in [0.2, 0.25) is 0 Å². The lowest BCUT2D eigenvalue weighted by atomic mass is 10.3. The molecule has 0 fully saturated rings. The molecule has 0 saturated heterocycles. The van der Waals surface area contributed by atoms with Gasteiger partial charge in [-0.25, -0.2) is 9.13 Å². The first-order valence-electron chi connectivity index (χ1n) is 8.12. The van der Waals surface area contributed by atoms with Gasteiger partial charge < -0.3 is 9.84 Å². The van der Waals surface area contributed by atoms with Gasteiger partial charge in [0.25, 0.3) is 5.82 Å². The maximum Gasteiger partial charge on any atom is 0.256 e. The van der Waals surface area contributed by atoms with Crippen molar-refractivity contribution in [2.75, 3.05) is 6.61 Å². The molecule has 126 valence electrons. The zero-order valence-electron chi connectivity index (χ0n) is 13.9. The summed E-state index contributed by atoms with van der Waals surface area (Å²) in [5.41, 5.74) is 2.32. The fourth-order valence-corrected chi connectivity index (χ4v) is 3.41. The van der Waals surface area contributed by atoms with Crippen molar-refractivity contribution in [2.45, 2.75) is 26.0 Å². The molecule has 2 aromatic carbocycles. The Balaban J connectivity index is 1.75. The van der Waals surface area contributed by atoms with Crippen LogP contribution < -0.4 is 9.30 Å².